The van der Waals surface area contributed by atoms with Crippen molar-refractivity contribution in [2.75, 3.05) is 20.8 Å². The predicted molar refractivity (Wildman–Crippen MR) is 134 cm³/mol. The highest BCUT2D eigenvalue weighted by Crippen LogP contribution is 2.41. The fourth-order valence-corrected chi connectivity index (χ4v) is 4.00. The smallest absolute Gasteiger partial charge is 0.144 e. The van der Waals surface area contributed by atoms with Crippen molar-refractivity contribution < 1.29 is 14.2 Å². The molecular weight excluding hydrogens is 408 g/mol. The summed E-state index contributed by atoms with van der Waals surface area (Å²) < 4.78 is 17.6. The standard InChI is InChI=1S/C30H28O3/c1-31-28-19-15-26(16-20-28)30(25-13-7-4-8-14-25,27-17-21-29(32-2)22-18-27)33-23-9-12-24-10-5-3-6-11-24/h3-22H,23H2,1-2H3/b12-9+. The van der Waals surface area contributed by atoms with E-state index in [1.54, 1.807) is 14.2 Å². The minimum absolute atomic E-state index is 0.432. The van der Waals surface area contributed by atoms with Crippen LogP contribution < -0.4 is 9.47 Å². The zero-order valence-corrected chi connectivity index (χ0v) is 19.0. The van der Waals surface area contributed by atoms with Gasteiger partial charge in [0, 0.05) is 0 Å². The largest absolute Gasteiger partial charge is 0.497 e. The molecule has 0 saturated heterocycles. The highest BCUT2D eigenvalue weighted by molar-refractivity contribution is 5.51. The third-order valence-corrected chi connectivity index (χ3v) is 5.68. The first-order chi connectivity index (χ1) is 16.3. The predicted octanol–water partition coefficient (Wildman–Crippen LogP) is 6.73. The van der Waals surface area contributed by atoms with Crippen molar-refractivity contribution in [1.29, 1.82) is 0 Å². The van der Waals surface area contributed by atoms with E-state index in [0.717, 1.165) is 33.8 Å². The fraction of sp³-hybridized carbons (Fsp3) is 0.133. The quantitative estimate of drug-likeness (QED) is 0.272. The van der Waals surface area contributed by atoms with Gasteiger partial charge < -0.3 is 14.2 Å². The van der Waals surface area contributed by atoms with Gasteiger partial charge in [-0.1, -0.05) is 97.1 Å². The van der Waals surface area contributed by atoms with E-state index in [1.165, 1.54) is 0 Å². The lowest BCUT2D eigenvalue weighted by Gasteiger charge is -2.35. The van der Waals surface area contributed by atoms with Crippen molar-refractivity contribution in [3.8, 4) is 11.5 Å². The molecule has 166 valence electrons. The molecule has 0 unspecified atom stereocenters. The van der Waals surface area contributed by atoms with Crippen LogP contribution in [0.4, 0.5) is 0 Å². The van der Waals surface area contributed by atoms with Crippen LogP contribution in [-0.2, 0) is 10.3 Å². The average Bonchev–Trinajstić information content (AvgIpc) is 2.90. The van der Waals surface area contributed by atoms with Crippen LogP contribution >= 0.6 is 0 Å². The Balaban J connectivity index is 1.80. The SMILES string of the molecule is COc1ccc(C(OC/C=C/c2ccccc2)(c2ccccc2)c2ccc(OC)cc2)cc1. The summed E-state index contributed by atoms with van der Waals surface area (Å²) >= 11 is 0. The lowest BCUT2D eigenvalue weighted by Crippen LogP contribution is -2.33. The minimum atomic E-state index is -0.805. The van der Waals surface area contributed by atoms with Crippen molar-refractivity contribution in [2.45, 2.75) is 5.60 Å². The van der Waals surface area contributed by atoms with Gasteiger partial charge in [0.05, 0.1) is 20.8 Å². The van der Waals surface area contributed by atoms with Gasteiger partial charge in [-0.3, -0.25) is 0 Å². The van der Waals surface area contributed by atoms with Gasteiger partial charge in [0.1, 0.15) is 17.1 Å². The maximum absolute atomic E-state index is 6.79. The summed E-state index contributed by atoms with van der Waals surface area (Å²) in [5.41, 5.74) is 3.43. The van der Waals surface area contributed by atoms with Crippen LogP contribution in [0.15, 0.2) is 115 Å². The zero-order valence-electron chi connectivity index (χ0n) is 19.0. The number of benzene rings is 4. The number of hydrogen-bond acceptors (Lipinski definition) is 3. The molecular formula is C30H28O3. The van der Waals surface area contributed by atoms with E-state index >= 15 is 0 Å². The van der Waals surface area contributed by atoms with E-state index in [1.807, 2.05) is 60.7 Å². The van der Waals surface area contributed by atoms with E-state index in [2.05, 4.69) is 60.7 Å². The first kappa shape index (κ1) is 22.4. The second-order valence-corrected chi connectivity index (χ2v) is 7.63. The van der Waals surface area contributed by atoms with Crippen molar-refractivity contribution in [1.82, 2.24) is 0 Å². The Hall–Kier alpha value is -3.82. The Morgan fingerprint density at radius 1 is 0.576 bits per heavy atom. The summed E-state index contributed by atoms with van der Waals surface area (Å²) in [4.78, 5) is 0. The molecule has 0 spiro atoms. The maximum Gasteiger partial charge on any atom is 0.144 e. The second-order valence-electron chi connectivity index (χ2n) is 7.63. The molecule has 0 amide bonds. The summed E-state index contributed by atoms with van der Waals surface area (Å²) in [5, 5.41) is 0. The van der Waals surface area contributed by atoms with Crippen LogP contribution in [0.25, 0.3) is 6.08 Å². The van der Waals surface area contributed by atoms with Gasteiger partial charge in [0.15, 0.2) is 0 Å². The molecule has 0 N–H and O–H groups in total. The topological polar surface area (TPSA) is 27.7 Å². The Bertz CT molecular complexity index is 1100. The van der Waals surface area contributed by atoms with Crippen molar-refractivity contribution in [3.05, 3.63) is 138 Å². The first-order valence-corrected chi connectivity index (χ1v) is 11.0. The maximum atomic E-state index is 6.79. The molecule has 4 rings (SSSR count). The van der Waals surface area contributed by atoms with Crippen LogP contribution in [0.2, 0.25) is 0 Å². The van der Waals surface area contributed by atoms with E-state index in [9.17, 15) is 0 Å². The van der Waals surface area contributed by atoms with Crippen molar-refractivity contribution >= 4 is 6.08 Å². The van der Waals surface area contributed by atoms with Crippen LogP contribution in [0.5, 0.6) is 11.5 Å². The number of ether oxygens (including phenoxy) is 3. The molecule has 0 aromatic heterocycles. The fourth-order valence-electron chi connectivity index (χ4n) is 4.00. The molecule has 33 heavy (non-hydrogen) atoms. The molecule has 0 fully saturated rings. The third-order valence-electron chi connectivity index (χ3n) is 5.68. The van der Waals surface area contributed by atoms with Gasteiger partial charge in [-0.15, -0.1) is 0 Å². The minimum Gasteiger partial charge on any atom is -0.497 e. The Labute approximate surface area is 195 Å². The normalized spacial score (nSPS) is 11.5. The van der Waals surface area contributed by atoms with Gasteiger partial charge in [0.25, 0.3) is 0 Å². The monoisotopic (exact) mass is 436 g/mol. The summed E-state index contributed by atoms with van der Waals surface area (Å²) in [6, 6.07) is 36.7. The molecule has 0 heterocycles. The Morgan fingerprint density at radius 3 is 1.52 bits per heavy atom. The van der Waals surface area contributed by atoms with Crippen molar-refractivity contribution in [3.63, 3.8) is 0 Å². The van der Waals surface area contributed by atoms with Gasteiger partial charge in [-0.2, -0.15) is 0 Å². The van der Waals surface area contributed by atoms with E-state index in [4.69, 9.17) is 14.2 Å². The molecule has 0 radical (unpaired) electrons. The first-order valence-electron chi connectivity index (χ1n) is 11.0. The Kier molecular flexibility index (Phi) is 7.23. The lowest BCUT2D eigenvalue weighted by atomic mass is 9.80. The van der Waals surface area contributed by atoms with Gasteiger partial charge in [0.2, 0.25) is 0 Å². The van der Waals surface area contributed by atoms with E-state index < -0.39 is 5.60 Å². The number of rotatable bonds is 9. The summed E-state index contributed by atoms with van der Waals surface area (Å²) in [6.07, 6.45) is 4.14. The summed E-state index contributed by atoms with van der Waals surface area (Å²) in [7, 11) is 3.35. The molecule has 3 heteroatoms. The van der Waals surface area contributed by atoms with Crippen LogP contribution in [0.3, 0.4) is 0 Å². The molecule has 0 aliphatic heterocycles. The molecule has 0 atom stereocenters. The van der Waals surface area contributed by atoms with E-state index in [0.29, 0.717) is 6.61 Å². The summed E-state index contributed by atoms with van der Waals surface area (Å²) in [6.45, 7) is 0.432. The molecule has 4 aromatic rings. The molecule has 0 saturated carbocycles. The van der Waals surface area contributed by atoms with Gasteiger partial charge in [-0.25, -0.2) is 0 Å². The number of hydrogen-bond donors (Lipinski definition) is 0. The molecule has 4 aromatic carbocycles. The number of methoxy groups -OCH3 is 2. The lowest BCUT2D eigenvalue weighted by molar-refractivity contribution is 0.0322. The van der Waals surface area contributed by atoms with Crippen LogP contribution in [0, 0.1) is 0 Å². The van der Waals surface area contributed by atoms with Gasteiger partial charge in [-0.05, 0) is 46.5 Å². The molecule has 0 aliphatic carbocycles. The van der Waals surface area contributed by atoms with Crippen LogP contribution in [-0.4, -0.2) is 20.8 Å². The average molecular weight is 437 g/mol. The molecule has 0 bridgehead atoms. The van der Waals surface area contributed by atoms with E-state index in [-0.39, 0.29) is 0 Å². The van der Waals surface area contributed by atoms with Crippen molar-refractivity contribution in [2.24, 2.45) is 0 Å². The Morgan fingerprint density at radius 2 is 1.03 bits per heavy atom. The molecule has 3 nitrogen and oxygen atoms in total. The summed E-state index contributed by atoms with van der Waals surface area (Å²) in [5.74, 6) is 1.61. The highest BCUT2D eigenvalue weighted by Gasteiger charge is 2.37. The zero-order chi connectivity index (χ0) is 22.9. The highest BCUT2D eigenvalue weighted by atomic mass is 16.5. The third kappa shape index (κ3) is 5.00. The van der Waals surface area contributed by atoms with Gasteiger partial charge >= 0.3 is 0 Å². The second kappa shape index (κ2) is 10.7. The molecule has 0 aliphatic rings. The van der Waals surface area contributed by atoms with Crippen LogP contribution in [0.1, 0.15) is 22.3 Å².